The molecule has 0 unspecified atom stereocenters. The Morgan fingerprint density at radius 3 is 2.57 bits per heavy atom. The first-order valence-electron chi connectivity index (χ1n) is 10.1. The number of carbonyl (C=O) groups excluding carboxylic acids is 2. The molecule has 0 spiro atoms. The topological polar surface area (TPSA) is 58.6 Å². The van der Waals surface area contributed by atoms with Crippen LogP contribution in [0, 0.1) is 0 Å². The summed E-state index contributed by atoms with van der Waals surface area (Å²) in [6, 6.07) is 15.3. The van der Waals surface area contributed by atoms with Crippen LogP contribution in [0.3, 0.4) is 0 Å². The van der Waals surface area contributed by atoms with E-state index in [0.717, 1.165) is 24.1 Å². The molecule has 2 aromatic heterocycles. The normalized spacial score (nSPS) is 15.8. The minimum absolute atomic E-state index is 0.0341. The Morgan fingerprint density at radius 2 is 1.87 bits per heavy atom. The summed E-state index contributed by atoms with van der Waals surface area (Å²) >= 11 is 3.36. The molecule has 1 aliphatic heterocycles. The fraction of sp³-hybridized carbons (Fsp3) is 0.304. The summed E-state index contributed by atoms with van der Waals surface area (Å²) in [6.07, 6.45) is 2.07. The van der Waals surface area contributed by atoms with E-state index in [1.807, 2.05) is 28.5 Å². The number of thiophene rings is 2. The van der Waals surface area contributed by atoms with Gasteiger partial charge in [0.2, 0.25) is 0 Å². The largest absolute Gasteiger partial charge is 0.368 e. The molecule has 1 fully saturated rings. The van der Waals surface area contributed by atoms with Gasteiger partial charge in [-0.05, 0) is 60.4 Å². The van der Waals surface area contributed by atoms with Crippen LogP contribution < -0.4 is 5.32 Å². The number of ether oxygens (including phenoxy) is 1. The van der Waals surface area contributed by atoms with Gasteiger partial charge in [-0.15, -0.1) is 22.7 Å². The summed E-state index contributed by atoms with van der Waals surface area (Å²) in [5, 5.41) is 6.97. The lowest BCUT2D eigenvalue weighted by Gasteiger charge is -2.22. The number of nitrogens with one attached hydrogen (secondary N) is 1. The van der Waals surface area contributed by atoms with E-state index < -0.39 is 6.10 Å². The molecule has 1 aromatic carbocycles. The first kappa shape index (κ1) is 20.8. The maximum Gasteiger partial charge on any atom is 0.254 e. The Morgan fingerprint density at radius 1 is 1.07 bits per heavy atom. The molecule has 0 saturated carbocycles. The van der Waals surface area contributed by atoms with E-state index in [9.17, 15) is 9.59 Å². The summed E-state index contributed by atoms with van der Waals surface area (Å²) in [5.41, 5.74) is 1.19. The lowest BCUT2D eigenvalue weighted by Crippen LogP contribution is -2.32. The fourth-order valence-electron chi connectivity index (χ4n) is 3.46. The van der Waals surface area contributed by atoms with Crippen LogP contribution in [0.5, 0.6) is 0 Å². The van der Waals surface area contributed by atoms with E-state index in [0.29, 0.717) is 30.9 Å². The zero-order chi connectivity index (χ0) is 20.8. The van der Waals surface area contributed by atoms with E-state index in [2.05, 4.69) is 16.8 Å². The third kappa shape index (κ3) is 5.36. The zero-order valence-electron chi connectivity index (χ0n) is 16.6. The van der Waals surface area contributed by atoms with Gasteiger partial charge in [-0.2, -0.15) is 0 Å². The first-order valence-corrected chi connectivity index (χ1v) is 11.8. The lowest BCUT2D eigenvalue weighted by atomic mass is 10.1. The molecule has 0 bridgehead atoms. The van der Waals surface area contributed by atoms with Crippen molar-refractivity contribution in [2.24, 2.45) is 0 Å². The number of rotatable bonds is 8. The molecule has 3 aromatic rings. The minimum Gasteiger partial charge on any atom is -0.368 e. The van der Waals surface area contributed by atoms with Crippen molar-refractivity contribution < 1.29 is 14.3 Å². The van der Waals surface area contributed by atoms with Crippen LogP contribution in [-0.4, -0.2) is 36.0 Å². The quantitative estimate of drug-likeness (QED) is 0.547. The number of hydrogen-bond donors (Lipinski definition) is 1. The molecule has 156 valence electrons. The number of nitrogens with zero attached hydrogens (tertiary/aromatic N) is 1. The second-order valence-electron chi connectivity index (χ2n) is 7.21. The van der Waals surface area contributed by atoms with Gasteiger partial charge in [-0.3, -0.25) is 9.59 Å². The highest BCUT2D eigenvalue weighted by molar-refractivity contribution is 7.10. The standard InChI is InChI=1S/C23H24N2O3S2/c26-22(21-9-2-12-28-21)24-18-6-1-5-17(15-18)23(27)25(16-20-8-4-14-30-20)11-10-19-7-3-13-29-19/h1,3-8,13-15,21H,2,9-12,16H2,(H,24,26)/t21-/m1/s1. The summed E-state index contributed by atoms with van der Waals surface area (Å²) in [4.78, 5) is 30.0. The van der Waals surface area contributed by atoms with Gasteiger partial charge >= 0.3 is 0 Å². The highest BCUT2D eigenvalue weighted by Crippen LogP contribution is 2.20. The Kier molecular flexibility index (Phi) is 6.94. The highest BCUT2D eigenvalue weighted by atomic mass is 32.1. The molecular formula is C23H24N2O3S2. The molecule has 1 atom stereocenters. The first-order chi connectivity index (χ1) is 14.7. The van der Waals surface area contributed by atoms with Crippen LogP contribution in [0.25, 0.3) is 0 Å². The average molecular weight is 441 g/mol. The molecule has 3 heterocycles. The van der Waals surface area contributed by atoms with Crippen LogP contribution >= 0.6 is 22.7 Å². The zero-order valence-corrected chi connectivity index (χ0v) is 18.2. The third-order valence-corrected chi connectivity index (χ3v) is 6.82. The van der Waals surface area contributed by atoms with Crippen LogP contribution in [0.15, 0.2) is 59.3 Å². The number of benzene rings is 1. The van der Waals surface area contributed by atoms with Crippen molar-refractivity contribution in [1.29, 1.82) is 0 Å². The minimum atomic E-state index is -0.398. The van der Waals surface area contributed by atoms with Crippen LogP contribution in [0.1, 0.15) is 33.0 Å². The molecule has 0 aliphatic carbocycles. The lowest BCUT2D eigenvalue weighted by molar-refractivity contribution is -0.124. The number of amides is 2. The van der Waals surface area contributed by atoms with Crippen LogP contribution in [-0.2, 0) is 22.5 Å². The van der Waals surface area contributed by atoms with Crippen LogP contribution in [0.2, 0.25) is 0 Å². The smallest absolute Gasteiger partial charge is 0.254 e. The second kappa shape index (κ2) is 10.0. The van der Waals surface area contributed by atoms with E-state index in [1.54, 1.807) is 46.9 Å². The van der Waals surface area contributed by atoms with Gasteiger partial charge in [0.25, 0.3) is 11.8 Å². The van der Waals surface area contributed by atoms with E-state index in [-0.39, 0.29) is 11.8 Å². The molecule has 1 aliphatic rings. The van der Waals surface area contributed by atoms with Crippen LogP contribution in [0.4, 0.5) is 5.69 Å². The highest BCUT2D eigenvalue weighted by Gasteiger charge is 2.24. The van der Waals surface area contributed by atoms with Gasteiger partial charge in [0.1, 0.15) is 6.10 Å². The predicted molar refractivity (Wildman–Crippen MR) is 121 cm³/mol. The van der Waals surface area contributed by atoms with Gasteiger partial charge in [0.15, 0.2) is 0 Å². The van der Waals surface area contributed by atoms with Crippen molar-refractivity contribution in [2.75, 3.05) is 18.5 Å². The van der Waals surface area contributed by atoms with Gasteiger partial charge in [-0.1, -0.05) is 18.2 Å². The second-order valence-corrected chi connectivity index (χ2v) is 9.27. The summed E-state index contributed by atoms with van der Waals surface area (Å²) in [6.45, 7) is 1.84. The van der Waals surface area contributed by atoms with E-state index in [1.165, 1.54) is 4.88 Å². The Hall–Kier alpha value is -2.48. The monoisotopic (exact) mass is 440 g/mol. The Bertz CT molecular complexity index is 964. The molecule has 0 radical (unpaired) electrons. The molecular weight excluding hydrogens is 416 g/mol. The molecule has 1 saturated heterocycles. The molecule has 7 heteroatoms. The van der Waals surface area contributed by atoms with Gasteiger partial charge in [-0.25, -0.2) is 0 Å². The summed E-state index contributed by atoms with van der Waals surface area (Å²) < 4.78 is 5.44. The molecule has 2 amide bonds. The van der Waals surface area contributed by atoms with E-state index >= 15 is 0 Å². The summed E-state index contributed by atoms with van der Waals surface area (Å²) in [5.74, 6) is -0.182. The molecule has 4 rings (SSSR count). The van der Waals surface area contributed by atoms with Crippen molar-refractivity contribution in [3.8, 4) is 0 Å². The predicted octanol–water partition coefficient (Wildman–Crippen LogP) is 4.81. The molecule has 30 heavy (non-hydrogen) atoms. The molecule has 1 N–H and O–H groups in total. The Labute approximate surface area is 184 Å². The van der Waals surface area contributed by atoms with E-state index in [4.69, 9.17) is 4.74 Å². The maximum atomic E-state index is 13.3. The van der Waals surface area contributed by atoms with Crippen molar-refractivity contribution >= 4 is 40.2 Å². The van der Waals surface area contributed by atoms with Crippen molar-refractivity contribution in [3.05, 3.63) is 74.6 Å². The Balaban J connectivity index is 1.47. The molecule has 5 nitrogen and oxygen atoms in total. The van der Waals surface area contributed by atoms with Crippen molar-refractivity contribution in [1.82, 2.24) is 4.90 Å². The van der Waals surface area contributed by atoms with Crippen molar-refractivity contribution in [3.63, 3.8) is 0 Å². The maximum absolute atomic E-state index is 13.3. The van der Waals surface area contributed by atoms with Crippen molar-refractivity contribution in [2.45, 2.75) is 31.9 Å². The average Bonchev–Trinajstić information content (AvgIpc) is 3.54. The number of carbonyl (C=O) groups is 2. The summed E-state index contributed by atoms with van der Waals surface area (Å²) in [7, 11) is 0. The third-order valence-electron chi connectivity index (χ3n) is 5.02. The number of hydrogen-bond acceptors (Lipinski definition) is 5. The number of anilines is 1. The van der Waals surface area contributed by atoms with Gasteiger partial charge < -0.3 is 15.0 Å². The SMILES string of the molecule is O=C(Nc1cccc(C(=O)N(CCc2cccs2)Cc2cccs2)c1)[C@H]1CCCO1. The van der Waals surface area contributed by atoms with Gasteiger partial charge in [0, 0.05) is 34.2 Å². The fourth-order valence-corrected chi connectivity index (χ4v) is 4.88. The van der Waals surface area contributed by atoms with Gasteiger partial charge in [0.05, 0.1) is 6.54 Å².